The minimum atomic E-state index is -0.453. The van der Waals surface area contributed by atoms with E-state index in [0.717, 1.165) is 6.42 Å². The van der Waals surface area contributed by atoms with Crippen LogP contribution in [0.3, 0.4) is 0 Å². The highest BCUT2D eigenvalue weighted by molar-refractivity contribution is 5.32. The van der Waals surface area contributed by atoms with Crippen molar-refractivity contribution in [1.29, 1.82) is 0 Å². The van der Waals surface area contributed by atoms with Crippen LogP contribution in [0.25, 0.3) is 0 Å². The number of epoxide rings is 1. The molecule has 2 N–H and O–H groups in total. The Morgan fingerprint density at radius 2 is 1.94 bits per heavy atom. The molecule has 1 aliphatic carbocycles. The molecular formula is C13H22O3. The first kappa shape index (κ1) is 12.1. The number of ether oxygens (including phenoxy) is 1. The molecule has 0 aromatic carbocycles. The monoisotopic (exact) mass is 226 g/mol. The maximum atomic E-state index is 9.85. The van der Waals surface area contributed by atoms with Gasteiger partial charge in [-0.25, -0.2) is 0 Å². The van der Waals surface area contributed by atoms with E-state index in [1.807, 2.05) is 13.0 Å². The summed E-state index contributed by atoms with van der Waals surface area (Å²) in [6.07, 6.45) is 4.46. The minimum absolute atomic E-state index is 0.0925. The van der Waals surface area contributed by atoms with Crippen LogP contribution in [-0.4, -0.2) is 33.6 Å². The number of aliphatic hydroxyl groups is 2. The van der Waals surface area contributed by atoms with Crippen LogP contribution in [0.5, 0.6) is 0 Å². The van der Waals surface area contributed by atoms with Gasteiger partial charge in [0.05, 0.1) is 12.2 Å². The van der Waals surface area contributed by atoms with Crippen molar-refractivity contribution in [2.75, 3.05) is 0 Å². The van der Waals surface area contributed by atoms with Crippen LogP contribution in [0.15, 0.2) is 12.2 Å². The van der Waals surface area contributed by atoms with Gasteiger partial charge in [0.1, 0.15) is 11.2 Å². The normalized spacial score (nSPS) is 47.8. The molecule has 0 amide bonds. The molecule has 92 valence electrons. The van der Waals surface area contributed by atoms with E-state index in [-0.39, 0.29) is 22.7 Å². The van der Waals surface area contributed by atoms with Gasteiger partial charge in [0.2, 0.25) is 0 Å². The summed E-state index contributed by atoms with van der Waals surface area (Å²) in [5, 5.41) is 19.2. The maximum Gasteiger partial charge on any atom is 0.121 e. The summed E-state index contributed by atoms with van der Waals surface area (Å²) in [5.41, 5.74) is -0.666. The largest absolute Gasteiger partial charge is 0.393 e. The average Bonchev–Trinajstić information content (AvgIpc) is 2.67. The van der Waals surface area contributed by atoms with Gasteiger partial charge in [-0.2, -0.15) is 0 Å². The molecule has 1 saturated heterocycles. The molecule has 0 radical (unpaired) electrons. The van der Waals surface area contributed by atoms with E-state index >= 15 is 0 Å². The van der Waals surface area contributed by atoms with Gasteiger partial charge < -0.3 is 14.9 Å². The van der Waals surface area contributed by atoms with Gasteiger partial charge in [0.15, 0.2) is 0 Å². The van der Waals surface area contributed by atoms with Crippen LogP contribution >= 0.6 is 0 Å². The molecule has 0 spiro atoms. The van der Waals surface area contributed by atoms with Crippen LogP contribution in [0.4, 0.5) is 0 Å². The molecule has 1 saturated carbocycles. The lowest BCUT2D eigenvalue weighted by atomic mass is 9.63. The Morgan fingerprint density at radius 3 is 2.44 bits per heavy atom. The minimum Gasteiger partial charge on any atom is -0.393 e. The van der Waals surface area contributed by atoms with Gasteiger partial charge in [-0.3, -0.25) is 0 Å². The molecule has 2 rings (SSSR count). The Hall–Kier alpha value is -0.380. The smallest absolute Gasteiger partial charge is 0.121 e. The number of fused-ring (bicyclic) bond motifs is 1. The van der Waals surface area contributed by atoms with Crippen molar-refractivity contribution in [3.05, 3.63) is 12.2 Å². The third-order valence-electron chi connectivity index (χ3n) is 4.12. The fraction of sp³-hybridized carbons (Fsp3) is 0.846. The molecule has 0 aromatic rings. The summed E-state index contributed by atoms with van der Waals surface area (Å²) >= 11 is 0. The molecule has 0 aromatic heterocycles. The topological polar surface area (TPSA) is 53.0 Å². The molecule has 4 atom stereocenters. The van der Waals surface area contributed by atoms with Crippen LogP contribution in [0.1, 0.15) is 40.5 Å². The van der Waals surface area contributed by atoms with Gasteiger partial charge in [-0.05, 0) is 20.3 Å². The quantitative estimate of drug-likeness (QED) is 0.556. The lowest BCUT2D eigenvalue weighted by Gasteiger charge is -2.39. The Balaban J connectivity index is 2.28. The Labute approximate surface area is 97.1 Å². The van der Waals surface area contributed by atoms with Gasteiger partial charge in [-0.15, -0.1) is 0 Å². The van der Waals surface area contributed by atoms with Crippen molar-refractivity contribution in [1.82, 2.24) is 0 Å². The predicted molar refractivity (Wildman–Crippen MR) is 62.1 cm³/mol. The second kappa shape index (κ2) is 3.31. The van der Waals surface area contributed by atoms with E-state index in [0.29, 0.717) is 6.42 Å². The van der Waals surface area contributed by atoms with Crippen molar-refractivity contribution >= 4 is 0 Å². The van der Waals surface area contributed by atoms with Crippen molar-refractivity contribution in [2.45, 2.75) is 63.9 Å². The number of aliphatic hydroxyl groups excluding tert-OH is 2. The Bertz CT molecular complexity index is 321. The van der Waals surface area contributed by atoms with E-state index < -0.39 is 6.10 Å². The van der Waals surface area contributed by atoms with E-state index in [4.69, 9.17) is 4.74 Å². The first-order valence-electron chi connectivity index (χ1n) is 5.98. The summed E-state index contributed by atoms with van der Waals surface area (Å²) in [6, 6.07) is 0. The third-order valence-corrected chi connectivity index (χ3v) is 4.12. The average molecular weight is 226 g/mol. The first-order valence-corrected chi connectivity index (χ1v) is 5.98. The summed E-state index contributed by atoms with van der Waals surface area (Å²) in [5.74, 6) is 0. The predicted octanol–water partition coefficient (Wildman–Crippen LogP) is 1.63. The van der Waals surface area contributed by atoms with Crippen molar-refractivity contribution in [3.63, 3.8) is 0 Å². The SMILES string of the molecule is CC(O)/C=C/[C@@]12O[C@]1(C)C[C@@H](O)CC2(C)C. The van der Waals surface area contributed by atoms with E-state index in [9.17, 15) is 10.2 Å². The summed E-state index contributed by atoms with van der Waals surface area (Å²) in [6.45, 7) is 8.01. The van der Waals surface area contributed by atoms with Gasteiger partial charge >= 0.3 is 0 Å². The van der Waals surface area contributed by atoms with Crippen LogP contribution in [-0.2, 0) is 4.74 Å². The van der Waals surface area contributed by atoms with Crippen LogP contribution in [0.2, 0.25) is 0 Å². The zero-order valence-electron chi connectivity index (χ0n) is 10.5. The van der Waals surface area contributed by atoms with Crippen LogP contribution < -0.4 is 0 Å². The Kier molecular flexibility index (Phi) is 2.50. The van der Waals surface area contributed by atoms with Crippen molar-refractivity contribution < 1.29 is 14.9 Å². The van der Waals surface area contributed by atoms with E-state index in [2.05, 4.69) is 13.8 Å². The fourth-order valence-corrected chi connectivity index (χ4v) is 3.35. The second-order valence-corrected chi connectivity index (χ2v) is 6.11. The zero-order valence-corrected chi connectivity index (χ0v) is 10.5. The molecule has 1 heterocycles. The molecular weight excluding hydrogens is 204 g/mol. The lowest BCUT2D eigenvalue weighted by molar-refractivity contribution is 0.0512. The van der Waals surface area contributed by atoms with Crippen molar-refractivity contribution in [3.8, 4) is 0 Å². The number of hydrogen-bond donors (Lipinski definition) is 2. The third kappa shape index (κ3) is 1.53. The van der Waals surface area contributed by atoms with Gasteiger partial charge in [0, 0.05) is 11.8 Å². The summed E-state index contributed by atoms with van der Waals surface area (Å²) in [4.78, 5) is 0. The molecule has 3 nitrogen and oxygen atoms in total. The second-order valence-electron chi connectivity index (χ2n) is 6.11. The molecule has 1 aliphatic heterocycles. The zero-order chi connectivity index (χ0) is 12.2. The highest BCUT2D eigenvalue weighted by Crippen LogP contribution is 2.65. The molecule has 2 fully saturated rings. The molecule has 16 heavy (non-hydrogen) atoms. The number of rotatable bonds is 2. The van der Waals surface area contributed by atoms with E-state index in [1.165, 1.54) is 0 Å². The lowest BCUT2D eigenvalue weighted by Crippen LogP contribution is -2.46. The highest BCUT2D eigenvalue weighted by Gasteiger charge is 2.74. The number of hydrogen-bond acceptors (Lipinski definition) is 3. The highest BCUT2D eigenvalue weighted by atomic mass is 16.6. The van der Waals surface area contributed by atoms with Gasteiger partial charge in [0.25, 0.3) is 0 Å². The summed E-state index contributed by atoms with van der Waals surface area (Å²) < 4.78 is 5.93. The molecule has 2 aliphatic rings. The van der Waals surface area contributed by atoms with Gasteiger partial charge in [-0.1, -0.05) is 26.0 Å². The molecule has 3 heteroatoms. The molecule has 1 unspecified atom stereocenters. The van der Waals surface area contributed by atoms with Crippen LogP contribution in [0, 0.1) is 5.41 Å². The maximum absolute atomic E-state index is 9.85. The fourth-order valence-electron chi connectivity index (χ4n) is 3.35. The molecule has 0 bridgehead atoms. The standard InChI is InChI=1S/C13H22O3/c1-9(14)5-6-13-11(2,3)7-10(15)8-12(13,4)16-13/h5-6,9-10,14-15H,7-8H2,1-4H3/b6-5+/t9?,10-,12+,13-/m0/s1. The summed E-state index contributed by atoms with van der Waals surface area (Å²) in [7, 11) is 0. The Morgan fingerprint density at radius 1 is 1.31 bits per heavy atom. The first-order chi connectivity index (χ1) is 7.22. The van der Waals surface area contributed by atoms with E-state index in [1.54, 1.807) is 13.0 Å². The van der Waals surface area contributed by atoms with Crippen molar-refractivity contribution in [2.24, 2.45) is 5.41 Å².